The minimum Gasteiger partial charge on any atom is -0.379 e. The molecule has 2 nitrogen and oxygen atoms in total. The van der Waals surface area contributed by atoms with E-state index in [1.807, 2.05) is 11.5 Å². The van der Waals surface area contributed by atoms with Crippen molar-refractivity contribution in [3.63, 3.8) is 0 Å². The summed E-state index contributed by atoms with van der Waals surface area (Å²) in [5, 5.41) is 13.0. The number of hydrogen-bond donors (Lipinski definition) is 1. The number of allylic oxidation sites excluding steroid dienone is 1. The third-order valence-corrected chi connectivity index (χ3v) is 3.81. The zero-order chi connectivity index (χ0) is 10.0. The quantitative estimate of drug-likeness (QED) is 0.760. The third-order valence-electron chi connectivity index (χ3n) is 2.87. The summed E-state index contributed by atoms with van der Waals surface area (Å²) in [4.78, 5) is 4.18. The van der Waals surface area contributed by atoms with Crippen molar-refractivity contribution >= 4 is 11.3 Å². The number of aromatic nitrogens is 1. The lowest BCUT2D eigenvalue weighted by atomic mass is 9.84. The third kappa shape index (κ3) is 1.74. The normalized spacial score (nSPS) is 32.0. The molecule has 2 unspecified atom stereocenters. The number of aliphatic hydroxyl groups is 1. The van der Waals surface area contributed by atoms with Gasteiger partial charge >= 0.3 is 0 Å². The average molecular weight is 209 g/mol. The van der Waals surface area contributed by atoms with Gasteiger partial charge in [0.05, 0.1) is 0 Å². The fraction of sp³-hybridized carbons (Fsp3) is 0.545. The summed E-state index contributed by atoms with van der Waals surface area (Å²) < 4.78 is 0. The molecule has 0 saturated heterocycles. The second kappa shape index (κ2) is 3.83. The van der Waals surface area contributed by atoms with Gasteiger partial charge in [0.15, 0.2) is 0 Å². The van der Waals surface area contributed by atoms with Gasteiger partial charge in [-0.1, -0.05) is 13.0 Å². The lowest BCUT2D eigenvalue weighted by Crippen LogP contribution is -2.26. The zero-order valence-electron chi connectivity index (χ0n) is 8.31. The van der Waals surface area contributed by atoms with Crippen LogP contribution < -0.4 is 0 Å². The van der Waals surface area contributed by atoms with E-state index in [9.17, 15) is 5.11 Å². The smallest absolute Gasteiger partial charge is 0.134 e. The van der Waals surface area contributed by atoms with E-state index < -0.39 is 5.60 Å². The second-order valence-corrected chi connectivity index (χ2v) is 4.72. The summed E-state index contributed by atoms with van der Waals surface area (Å²) in [5.41, 5.74) is -0.792. The topological polar surface area (TPSA) is 33.1 Å². The van der Waals surface area contributed by atoms with Crippen LogP contribution in [-0.4, -0.2) is 10.1 Å². The molecule has 0 spiro atoms. The van der Waals surface area contributed by atoms with Crippen LogP contribution in [0.4, 0.5) is 0 Å². The molecule has 1 aromatic rings. The van der Waals surface area contributed by atoms with Crippen LogP contribution >= 0.6 is 11.3 Å². The van der Waals surface area contributed by atoms with E-state index in [1.54, 1.807) is 6.20 Å². The van der Waals surface area contributed by atoms with Crippen molar-refractivity contribution in [2.75, 3.05) is 0 Å². The molecule has 1 aliphatic carbocycles. The van der Waals surface area contributed by atoms with Crippen LogP contribution in [0.2, 0.25) is 0 Å². The summed E-state index contributed by atoms with van der Waals surface area (Å²) in [6.07, 6.45) is 8.81. The molecule has 2 rings (SSSR count). The van der Waals surface area contributed by atoms with Crippen LogP contribution in [-0.2, 0) is 5.60 Å². The Morgan fingerprint density at radius 3 is 3.07 bits per heavy atom. The molecule has 0 fully saturated rings. The van der Waals surface area contributed by atoms with E-state index in [2.05, 4.69) is 18.0 Å². The van der Waals surface area contributed by atoms with E-state index in [4.69, 9.17) is 0 Å². The molecule has 1 N–H and O–H groups in total. The lowest BCUT2D eigenvalue weighted by Gasteiger charge is -2.28. The highest BCUT2D eigenvalue weighted by Gasteiger charge is 2.32. The SMILES string of the molecule is CCC1C=CC(O)(c2nccs2)CC1. The van der Waals surface area contributed by atoms with Crippen LogP contribution in [0.15, 0.2) is 23.7 Å². The Balaban J connectivity index is 2.20. The molecule has 1 aromatic heterocycles. The lowest BCUT2D eigenvalue weighted by molar-refractivity contribution is 0.0657. The van der Waals surface area contributed by atoms with Crippen molar-refractivity contribution in [2.24, 2.45) is 5.92 Å². The Bertz CT molecular complexity index is 320. The molecule has 0 amide bonds. The van der Waals surface area contributed by atoms with Gasteiger partial charge in [-0.3, -0.25) is 0 Å². The standard InChI is InChI=1S/C11H15NOS/c1-2-9-3-5-11(13,6-4-9)10-12-7-8-14-10/h3,5,7-9,13H,2,4,6H2,1H3. The van der Waals surface area contributed by atoms with Gasteiger partial charge in [-0.05, 0) is 31.3 Å². The summed E-state index contributed by atoms with van der Waals surface area (Å²) in [6.45, 7) is 2.18. The minimum atomic E-state index is -0.792. The second-order valence-electron chi connectivity index (χ2n) is 3.83. The summed E-state index contributed by atoms with van der Waals surface area (Å²) in [6, 6.07) is 0. The summed E-state index contributed by atoms with van der Waals surface area (Å²) in [7, 11) is 0. The maximum absolute atomic E-state index is 10.3. The number of hydrogen-bond acceptors (Lipinski definition) is 3. The van der Waals surface area contributed by atoms with Crippen molar-refractivity contribution in [3.8, 4) is 0 Å². The molecule has 0 radical (unpaired) electrons. The zero-order valence-corrected chi connectivity index (χ0v) is 9.13. The first kappa shape index (κ1) is 9.87. The van der Waals surface area contributed by atoms with Crippen LogP contribution in [0.1, 0.15) is 31.2 Å². The largest absolute Gasteiger partial charge is 0.379 e. The Labute approximate surface area is 88.3 Å². The highest BCUT2D eigenvalue weighted by molar-refractivity contribution is 7.09. The average Bonchev–Trinajstić information content (AvgIpc) is 2.72. The number of thiazole rings is 1. The highest BCUT2D eigenvalue weighted by atomic mass is 32.1. The predicted molar refractivity (Wildman–Crippen MR) is 58.2 cm³/mol. The predicted octanol–water partition coefficient (Wildman–Crippen LogP) is 2.71. The molecule has 14 heavy (non-hydrogen) atoms. The first-order valence-electron chi connectivity index (χ1n) is 5.06. The van der Waals surface area contributed by atoms with Gasteiger partial charge in [-0.15, -0.1) is 11.3 Å². The first-order chi connectivity index (χ1) is 6.74. The van der Waals surface area contributed by atoms with E-state index in [0.29, 0.717) is 5.92 Å². The maximum atomic E-state index is 10.3. The molecule has 0 saturated carbocycles. The van der Waals surface area contributed by atoms with Gasteiger partial charge in [0.1, 0.15) is 10.6 Å². The van der Waals surface area contributed by atoms with Crippen molar-refractivity contribution in [2.45, 2.75) is 31.8 Å². The molecule has 1 heterocycles. The monoisotopic (exact) mass is 209 g/mol. The fourth-order valence-corrected chi connectivity index (χ4v) is 2.58. The maximum Gasteiger partial charge on any atom is 0.134 e. The molecule has 1 aliphatic rings. The van der Waals surface area contributed by atoms with Crippen molar-refractivity contribution in [3.05, 3.63) is 28.7 Å². The van der Waals surface area contributed by atoms with E-state index in [1.165, 1.54) is 11.3 Å². The minimum absolute atomic E-state index is 0.634. The number of nitrogens with zero attached hydrogens (tertiary/aromatic N) is 1. The Kier molecular flexibility index (Phi) is 2.70. The van der Waals surface area contributed by atoms with Gasteiger partial charge in [0.2, 0.25) is 0 Å². The van der Waals surface area contributed by atoms with Crippen molar-refractivity contribution in [1.29, 1.82) is 0 Å². The molecule has 2 atom stereocenters. The molecule has 0 bridgehead atoms. The van der Waals surface area contributed by atoms with Crippen molar-refractivity contribution in [1.82, 2.24) is 4.98 Å². The number of rotatable bonds is 2. The van der Waals surface area contributed by atoms with Crippen LogP contribution in [0.5, 0.6) is 0 Å². The van der Waals surface area contributed by atoms with Crippen LogP contribution in [0.3, 0.4) is 0 Å². The molecule has 76 valence electrons. The van der Waals surface area contributed by atoms with Gasteiger partial charge in [0, 0.05) is 11.6 Å². The molecule has 0 aliphatic heterocycles. The van der Waals surface area contributed by atoms with Gasteiger partial charge < -0.3 is 5.11 Å². The molecule has 0 aromatic carbocycles. The van der Waals surface area contributed by atoms with E-state index >= 15 is 0 Å². The first-order valence-corrected chi connectivity index (χ1v) is 5.94. The Hall–Kier alpha value is -0.670. The van der Waals surface area contributed by atoms with E-state index in [0.717, 1.165) is 24.3 Å². The summed E-state index contributed by atoms with van der Waals surface area (Å²) in [5.74, 6) is 0.634. The fourth-order valence-electron chi connectivity index (χ4n) is 1.84. The van der Waals surface area contributed by atoms with Gasteiger partial charge in [-0.2, -0.15) is 0 Å². The van der Waals surface area contributed by atoms with Crippen LogP contribution in [0.25, 0.3) is 0 Å². The highest BCUT2D eigenvalue weighted by Crippen LogP contribution is 2.36. The Morgan fingerprint density at radius 2 is 2.57 bits per heavy atom. The van der Waals surface area contributed by atoms with Crippen molar-refractivity contribution < 1.29 is 5.11 Å². The molecular formula is C11H15NOS. The Morgan fingerprint density at radius 1 is 1.71 bits per heavy atom. The van der Waals surface area contributed by atoms with Gasteiger partial charge in [0.25, 0.3) is 0 Å². The summed E-state index contributed by atoms with van der Waals surface area (Å²) >= 11 is 1.52. The van der Waals surface area contributed by atoms with Gasteiger partial charge in [-0.25, -0.2) is 4.98 Å². The van der Waals surface area contributed by atoms with E-state index in [-0.39, 0.29) is 0 Å². The molecular weight excluding hydrogens is 194 g/mol. The molecule has 3 heteroatoms. The van der Waals surface area contributed by atoms with Crippen LogP contribution in [0, 0.1) is 5.92 Å².